The summed E-state index contributed by atoms with van der Waals surface area (Å²) in [7, 11) is 1.30. The SMILES string of the molecule is CC[C@H](OC(=O)C(F)(F)F)C(=O)N(C)CN. The van der Waals surface area contributed by atoms with E-state index in [0.717, 1.165) is 4.90 Å². The molecule has 8 heteroatoms. The van der Waals surface area contributed by atoms with Gasteiger partial charge in [-0.2, -0.15) is 13.2 Å². The molecule has 0 rings (SSSR count). The van der Waals surface area contributed by atoms with Crippen LogP contribution in [0.1, 0.15) is 13.3 Å². The highest BCUT2D eigenvalue weighted by Crippen LogP contribution is 2.18. The van der Waals surface area contributed by atoms with Gasteiger partial charge in [-0.3, -0.25) is 4.79 Å². The van der Waals surface area contributed by atoms with Crippen LogP contribution < -0.4 is 5.73 Å². The van der Waals surface area contributed by atoms with Crippen LogP contribution in [0.15, 0.2) is 0 Å². The molecule has 1 amide bonds. The summed E-state index contributed by atoms with van der Waals surface area (Å²) in [5, 5.41) is 0. The fourth-order valence-electron chi connectivity index (χ4n) is 0.840. The first-order valence-corrected chi connectivity index (χ1v) is 4.46. The second kappa shape index (κ2) is 5.69. The average Bonchev–Trinajstić information content (AvgIpc) is 2.21. The Morgan fingerprint density at radius 2 is 1.94 bits per heavy atom. The van der Waals surface area contributed by atoms with Gasteiger partial charge in [-0.1, -0.05) is 6.92 Å². The van der Waals surface area contributed by atoms with Crippen LogP contribution in [0.3, 0.4) is 0 Å². The first kappa shape index (κ1) is 14.7. The van der Waals surface area contributed by atoms with E-state index in [4.69, 9.17) is 5.73 Å². The number of esters is 1. The zero-order valence-electron chi connectivity index (χ0n) is 8.87. The number of hydrogen-bond acceptors (Lipinski definition) is 4. The number of ether oxygens (including phenoxy) is 1. The van der Waals surface area contributed by atoms with E-state index >= 15 is 0 Å². The lowest BCUT2D eigenvalue weighted by Crippen LogP contribution is -2.43. The monoisotopic (exact) mass is 242 g/mol. The van der Waals surface area contributed by atoms with Gasteiger partial charge in [0.1, 0.15) is 0 Å². The molecule has 0 spiro atoms. The quantitative estimate of drug-likeness (QED) is 0.566. The van der Waals surface area contributed by atoms with Gasteiger partial charge in [0.15, 0.2) is 6.10 Å². The predicted molar refractivity (Wildman–Crippen MR) is 48.1 cm³/mol. The summed E-state index contributed by atoms with van der Waals surface area (Å²) in [4.78, 5) is 22.8. The Hall–Kier alpha value is -1.31. The van der Waals surface area contributed by atoms with Crippen molar-refractivity contribution < 1.29 is 27.5 Å². The zero-order valence-corrected chi connectivity index (χ0v) is 8.87. The van der Waals surface area contributed by atoms with Crippen LogP contribution in [-0.4, -0.2) is 42.8 Å². The molecule has 2 N–H and O–H groups in total. The summed E-state index contributed by atoms with van der Waals surface area (Å²) >= 11 is 0. The number of halogens is 3. The molecule has 94 valence electrons. The standard InChI is InChI=1S/C8H13F3N2O3/c1-3-5(6(14)13(2)4-12)16-7(15)8(9,10)11/h5H,3-4,12H2,1-2H3/t5-/m0/s1. The van der Waals surface area contributed by atoms with E-state index in [9.17, 15) is 22.8 Å². The summed E-state index contributed by atoms with van der Waals surface area (Å²) in [6.45, 7) is 1.26. The highest BCUT2D eigenvalue weighted by atomic mass is 19.4. The minimum atomic E-state index is -5.10. The van der Waals surface area contributed by atoms with Gasteiger partial charge in [0.25, 0.3) is 5.91 Å². The van der Waals surface area contributed by atoms with Crippen molar-refractivity contribution in [3.63, 3.8) is 0 Å². The average molecular weight is 242 g/mol. The molecular weight excluding hydrogens is 229 g/mol. The van der Waals surface area contributed by atoms with Crippen molar-refractivity contribution in [2.75, 3.05) is 13.7 Å². The number of likely N-dealkylation sites (N-methyl/N-ethyl adjacent to an activating group) is 1. The molecule has 1 atom stereocenters. The van der Waals surface area contributed by atoms with Crippen LogP contribution in [-0.2, 0) is 14.3 Å². The first-order chi connectivity index (χ1) is 7.23. The van der Waals surface area contributed by atoms with Crippen molar-refractivity contribution in [1.29, 1.82) is 0 Å². The lowest BCUT2D eigenvalue weighted by Gasteiger charge is -2.21. The first-order valence-electron chi connectivity index (χ1n) is 4.46. The molecule has 5 nitrogen and oxygen atoms in total. The normalized spacial score (nSPS) is 13.1. The number of carbonyl (C=O) groups excluding carboxylic acids is 2. The second-order valence-corrected chi connectivity index (χ2v) is 3.02. The molecule has 0 heterocycles. The zero-order chi connectivity index (χ0) is 12.9. The molecule has 0 aromatic carbocycles. The minimum absolute atomic E-state index is 0.0506. The van der Waals surface area contributed by atoms with Crippen LogP contribution in [0.2, 0.25) is 0 Å². The molecule has 0 aromatic heterocycles. The van der Waals surface area contributed by atoms with Gasteiger partial charge in [-0.25, -0.2) is 4.79 Å². The number of rotatable bonds is 4. The van der Waals surface area contributed by atoms with Gasteiger partial charge in [0.05, 0.1) is 6.67 Å². The molecule has 0 aliphatic carbocycles. The lowest BCUT2D eigenvalue weighted by molar-refractivity contribution is -0.206. The highest BCUT2D eigenvalue weighted by molar-refractivity contribution is 5.84. The second-order valence-electron chi connectivity index (χ2n) is 3.02. The van der Waals surface area contributed by atoms with Crippen molar-refractivity contribution in [2.45, 2.75) is 25.6 Å². The van der Waals surface area contributed by atoms with Gasteiger partial charge < -0.3 is 15.4 Å². The van der Waals surface area contributed by atoms with Crippen molar-refractivity contribution in [2.24, 2.45) is 5.73 Å². The maximum Gasteiger partial charge on any atom is 0.490 e. The Morgan fingerprint density at radius 3 is 2.25 bits per heavy atom. The minimum Gasteiger partial charge on any atom is -0.446 e. The van der Waals surface area contributed by atoms with Crippen LogP contribution in [0.25, 0.3) is 0 Å². The van der Waals surface area contributed by atoms with Gasteiger partial charge in [0.2, 0.25) is 0 Å². The molecule has 0 aromatic rings. The third-order valence-corrected chi connectivity index (χ3v) is 1.78. The van der Waals surface area contributed by atoms with E-state index < -0.39 is 24.2 Å². The fourth-order valence-corrected chi connectivity index (χ4v) is 0.840. The summed E-state index contributed by atoms with van der Waals surface area (Å²) in [5.41, 5.74) is 5.12. The van der Waals surface area contributed by atoms with E-state index in [1.165, 1.54) is 14.0 Å². The summed E-state index contributed by atoms with van der Waals surface area (Å²) in [6, 6.07) is 0. The molecule has 0 saturated heterocycles. The van der Waals surface area contributed by atoms with Gasteiger partial charge in [-0.05, 0) is 6.42 Å². The summed E-state index contributed by atoms with van der Waals surface area (Å²) in [6.07, 6.45) is -6.61. The number of amides is 1. The Labute approximate surface area is 90.3 Å². The van der Waals surface area contributed by atoms with Crippen LogP contribution in [0.4, 0.5) is 13.2 Å². The molecule has 16 heavy (non-hydrogen) atoms. The largest absolute Gasteiger partial charge is 0.490 e. The van der Waals surface area contributed by atoms with E-state index in [1.54, 1.807) is 0 Å². The molecule has 0 bridgehead atoms. The lowest BCUT2D eigenvalue weighted by atomic mass is 10.2. The Morgan fingerprint density at radius 1 is 1.44 bits per heavy atom. The molecule has 0 aliphatic rings. The van der Waals surface area contributed by atoms with E-state index in [-0.39, 0.29) is 13.1 Å². The Balaban J connectivity index is 4.54. The van der Waals surface area contributed by atoms with E-state index in [2.05, 4.69) is 4.74 Å². The predicted octanol–water partition coefficient (Wildman–Crippen LogP) is 0.245. The van der Waals surface area contributed by atoms with Crippen LogP contribution in [0, 0.1) is 0 Å². The van der Waals surface area contributed by atoms with Crippen LogP contribution >= 0.6 is 0 Å². The maximum absolute atomic E-state index is 11.9. The highest BCUT2D eigenvalue weighted by Gasteiger charge is 2.43. The molecule has 0 aliphatic heterocycles. The Bertz CT molecular complexity index is 268. The van der Waals surface area contributed by atoms with E-state index in [1.807, 2.05) is 0 Å². The number of hydrogen-bond donors (Lipinski definition) is 1. The van der Waals surface area contributed by atoms with Gasteiger partial charge >= 0.3 is 12.1 Å². The molecule has 0 radical (unpaired) electrons. The van der Waals surface area contributed by atoms with Crippen molar-refractivity contribution in [3.05, 3.63) is 0 Å². The Kier molecular flexibility index (Phi) is 5.22. The van der Waals surface area contributed by atoms with Gasteiger partial charge in [0, 0.05) is 7.05 Å². The summed E-state index contributed by atoms with van der Waals surface area (Å²) < 4.78 is 39.6. The number of alkyl halides is 3. The smallest absolute Gasteiger partial charge is 0.446 e. The van der Waals surface area contributed by atoms with Crippen molar-refractivity contribution in [1.82, 2.24) is 4.90 Å². The molecule has 0 unspecified atom stereocenters. The van der Waals surface area contributed by atoms with Crippen molar-refractivity contribution in [3.8, 4) is 0 Å². The number of nitrogens with zero attached hydrogens (tertiary/aromatic N) is 1. The number of carbonyl (C=O) groups is 2. The van der Waals surface area contributed by atoms with E-state index in [0.29, 0.717) is 0 Å². The topological polar surface area (TPSA) is 72.6 Å². The fraction of sp³-hybridized carbons (Fsp3) is 0.750. The van der Waals surface area contributed by atoms with Crippen molar-refractivity contribution >= 4 is 11.9 Å². The third-order valence-electron chi connectivity index (χ3n) is 1.78. The van der Waals surface area contributed by atoms with Crippen LogP contribution in [0.5, 0.6) is 0 Å². The number of nitrogens with two attached hydrogens (primary N) is 1. The summed E-state index contributed by atoms with van der Waals surface area (Å²) in [5.74, 6) is -3.14. The maximum atomic E-state index is 11.9. The molecule has 0 fully saturated rings. The van der Waals surface area contributed by atoms with Gasteiger partial charge in [-0.15, -0.1) is 0 Å². The molecular formula is C8H13F3N2O3. The third kappa shape index (κ3) is 4.05. The molecule has 0 saturated carbocycles.